The Morgan fingerprint density at radius 1 is 0.906 bits per heavy atom. The number of carbonyl (C=O) groups excluding carboxylic acids is 4. The summed E-state index contributed by atoms with van der Waals surface area (Å²) in [4.78, 5) is 79.7. The van der Waals surface area contributed by atoms with E-state index in [4.69, 9.17) is 14.7 Å². The number of imidazole rings is 2. The maximum Gasteiger partial charge on any atom is 0.407 e. The molecule has 2 saturated heterocycles. The maximum atomic E-state index is 13.6. The van der Waals surface area contributed by atoms with Gasteiger partial charge in [0, 0.05) is 13.1 Å². The van der Waals surface area contributed by atoms with Crippen molar-refractivity contribution in [3.8, 4) is 10.7 Å². The second-order valence-electron chi connectivity index (χ2n) is 13.8. The minimum Gasteiger partial charge on any atom is -0.453 e. The number of benzene rings is 1. The van der Waals surface area contributed by atoms with Gasteiger partial charge in [0.25, 0.3) is 0 Å². The zero-order chi connectivity index (χ0) is 38.0. The molecule has 0 radical (unpaired) electrons. The number of hydrogen-bond donors (Lipinski definition) is 4. The van der Waals surface area contributed by atoms with Crippen molar-refractivity contribution in [1.82, 2.24) is 45.4 Å². The molecule has 53 heavy (non-hydrogen) atoms. The fraction of sp³-hybridized carbons (Fsp3) is 0.500. The summed E-state index contributed by atoms with van der Waals surface area (Å²) in [6.45, 7) is 10.5. The molecule has 2 aliphatic heterocycles. The number of fused-ring (bicyclic) bond motifs is 1. The molecular weight excluding hydrogens is 701 g/mol. The van der Waals surface area contributed by atoms with Crippen LogP contribution in [0.5, 0.6) is 0 Å². The van der Waals surface area contributed by atoms with Gasteiger partial charge in [-0.25, -0.2) is 24.5 Å². The lowest BCUT2D eigenvalue weighted by Gasteiger charge is -2.29. The van der Waals surface area contributed by atoms with Crippen molar-refractivity contribution in [2.75, 3.05) is 27.3 Å². The molecule has 0 aliphatic carbocycles. The van der Waals surface area contributed by atoms with Crippen molar-refractivity contribution < 1.29 is 28.7 Å². The van der Waals surface area contributed by atoms with E-state index in [1.807, 2.05) is 33.8 Å². The van der Waals surface area contributed by atoms with E-state index >= 15 is 0 Å². The van der Waals surface area contributed by atoms with Crippen molar-refractivity contribution in [3.63, 3.8) is 0 Å². The lowest BCUT2D eigenvalue weighted by atomic mass is 10.0. The number of methoxy groups -OCH3 is 2. The van der Waals surface area contributed by atoms with Crippen molar-refractivity contribution in [3.05, 3.63) is 47.4 Å². The summed E-state index contributed by atoms with van der Waals surface area (Å²) < 4.78 is 10.4. The van der Waals surface area contributed by atoms with Crippen LogP contribution >= 0.6 is 11.3 Å². The number of nitrogens with one attached hydrogen (secondary N) is 4. The first-order valence-electron chi connectivity index (χ1n) is 17.7. The highest BCUT2D eigenvalue weighted by Crippen LogP contribution is 2.37. The summed E-state index contributed by atoms with van der Waals surface area (Å²) in [5, 5.41) is 6.00. The summed E-state index contributed by atoms with van der Waals surface area (Å²) in [5.74, 6) is 0.873. The number of nitrogens with zero attached hydrogens (tertiary/aromatic N) is 6. The van der Waals surface area contributed by atoms with Crippen molar-refractivity contribution >= 4 is 57.0 Å². The van der Waals surface area contributed by atoms with Gasteiger partial charge in [0.1, 0.15) is 28.7 Å². The van der Waals surface area contributed by atoms with Crippen LogP contribution in [0, 0.1) is 12.8 Å². The Morgan fingerprint density at radius 2 is 1.53 bits per heavy atom. The molecule has 16 nitrogen and oxygen atoms in total. The van der Waals surface area contributed by atoms with Gasteiger partial charge < -0.3 is 39.9 Å². The monoisotopic (exact) mass is 746 g/mol. The maximum absolute atomic E-state index is 13.6. The zero-order valence-corrected chi connectivity index (χ0v) is 31.8. The second-order valence-corrected chi connectivity index (χ2v) is 14.8. The molecule has 5 heterocycles. The quantitative estimate of drug-likeness (QED) is 0.155. The van der Waals surface area contributed by atoms with Gasteiger partial charge in [-0.1, -0.05) is 13.8 Å². The molecule has 17 heteroatoms. The minimum absolute atomic E-state index is 0.121. The molecule has 6 rings (SSSR count). The van der Waals surface area contributed by atoms with Gasteiger partial charge in [-0.15, -0.1) is 11.3 Å². The first-order chi connectivity index (χ1) is 25.4. The summed E-state index contributed by atoms with van der Waals surface area (Å²) in [5.41, 5.74) is 4.78. The lowest BCUT2D eigenvalue weighted by Crippen LogP contribution is -2.51. The average Bonchev–Trinajstić information content (AvgIpc) is 3.98. The summed E-state index contributed by atoms with van der Waals surface area (Å²) in [7, 11) is 2.54. The molecule has 4 N–H and O–H groups in total. The fourth-order valence-electron chi connectivity index (χ4n) is 6.90. The van der Waals surface area contributed by atoms with Crippen molar-refractivity contribution in [2.45, 2.75) is 84.5 Å². The summed E-state index contributed by atoms with van der Waals surface area (Å²) in [6, 6.07) is 2.12. The molecule has 4 aromatic rings. The highest BCUT2D eigenvalue weighted by atomic mass is 32.1. The van der Waals surface area contributed by atoms with Gasteiger partial charge in [-0.2, -0.15) is 0 Å². The number of rotatable bonds is 10. The molecule has 4 amide bonds. The Bertz CT molecular complexity index is 2030. The molecule has 4 atom stereocenters. The highest BCUT2D eigenvalue weighted by molar-refractivity contribution is 7.21. The Morgan fingerprint density at radius 3 is 2.19 bits per heavy atom. The molecule has 0 bridgehead atoms. The zero-order valence-electron chi connectivity index (χ0n) is 31.0. The van der Waals surface area contributed by atoms with E-state index < -0.39 is 24.3 Å². The Kier molecular flexibility index (Phi) is 11.1. The van der Waals surface area contributed by atoms with Crippen molar-refractivity contribution in [2.24, 2.45) is 10.9 Å². The van der Waals surface area contributed by atoms with Gasteiger partial charge in [0.2, 0.25) is 11.8 Å². The number of hydrogen-bond acceptors (Lipinski definition) is 11. The van der Waals surface area contributed by atoms with Gasteiger partial charge in [-0.05, 0) is 70.1 Å². The number of aromatic amines is 2. The predicted molar refractivity (Wildman–Crippen MR) is 199 cm³/mol. The van der Waals surface area contributed by atoms with E-state index in [-0.39, 0.29) is 29.8 Å². The molecule has 0 unspecified atom stereocenters. The van der Waals surface area contributed by atoms with E-state index in [2.05, 4.69) is 41.4 Å². The van der Waals surface area contributed by atoms with Crippen LogP contribution in [0.25, 0.3) is 20.9 Å². The fourth-order valence-corrected chi connectivity index (χ4v) is 7.91. The van der Waals surface area contributed by atoms with Crippen LogP contribution in [-0.2, 0) is 19.1 Å². The van der Waals surface area contributed by atoms with Crippen LogP contribution < -0.4 is 10.6 Å². The third kappa shape index (κ3) is 7.89. The van der Waals surface area contributed by atoms with Gasteiger partial charge in [-0.3, -0.25) is 14.6 Å². The molecule has 3 aromatic heterocycles. The molecule has 2 aliphatic rings. The Balaban J connectivity index is 1.17. The van der Waals surface area contributed by atoms with Crippen LogP contribution in [0.1, 0.15) is 88.4 Å². The number of ether oxygens (including phenoxy) is 2. The van der Waals surface area contributed by atoms with Crippen LogP contribution in [0.15, 0.2) is 29.5 Å². The van der Waals surface area contributed by atoms with E-state index in [9.17, 15) is 19.2 Å². The van der Waals surface area contributed by atoms with E-state index in [0.29, 0.717) is 24.7 Å². The van der Waals surface area contributed by atoms with Crippen LogP contribution in [0.3, 0.4) is 0 Å². The van der Waals surface area contributed by atoms with Gasteiger partial charge in [0.05, 0.1) is 71.7 Å². The number of amides is 4. The molecule has 1 aromatic carbocycles. The third-order valence-corrected chi connectivity index (χ3v) is 10.8. The third-order valence-electron chi connectivity index (χ3n) is 9.79. The smallest absolute Gasteiger partial charge is 0.407 e. The number of likely N-dealkylation sites (tertiary alicyclic amines) is 2. The molecule has 0 saturated carbocycles. The van der Waals surface area contributed by atoms with E-state index in [0.717, 1.165) is 69.3 Å². The Labute approximate surface area is 311 Å². The summed E-state index contributed by atoms with van der Waals surface area (Å²) in [6.07, 6.45) is 5.35. The summed E-state index contributed by atoms with van der Waals surface area (Å²) >= 11 is 1.54. The largest absolute Gasteiger partial charge is 0.453 e. The number of alkyl carbamates (subject to hydrolysis) is 2. The van der Waals surface area contributed by atoms with Gasteiger partial charge in [0.15, 0.2) is 0 Å². The van der Waals surface area contributed by atoms with Crippen LogP contribution in [0.2, 0.25) is 0 Å². The molecular formula is C36H46N10O6S. The number of thiazole rings is 1. The number of H-pyrrole nitrogens is 2. The SMILES string of the molecule is COC(=O)N[C@@H](C)C(=O)N1CCC[C@H]1c1ncc(C(C)=Nc2cc3nc(-c4cnc([C@@H]5CCCN5C(=O)[C@@H](NC(=O)OC)C(C)C)[nH]4)sc3cc2C)[nH]1. The predicted octanol–water partition coefficient (Wildman–Crippen LogP) is 5.31. The molecule has 0 spiro atoms. The number of aliphatic imine (C=N–C) groups is 1. The number of carbonyl (C=O) groups is 4. The van der Waals surface area contributed by atoms with Crippen LogP contribution in [0.4, 0.5) is 15.3 Å². The average molecular weight is 747 g/mol. The molecule has 2 fully saturated rings. The normalized spacial score (nSPS) is 18.8. The number of aryl methyl sites for hydroxylation is 1. The van der Waals surface area contributed by atoms with E-state index in [1.165, 1.54) is 14.2 Å². The van der Waals surface area contributed by atoms with Crippen LogP contribution in [-0.4, -0.2) is 104 Å². The first-order valence-corrected chi connectivity index (χ1v) is 18.6. The highest BCUT2D eigenvalue weighted by Gasteiger charge is 2.38. The topological polar surface area (TPSA) is 200 Å². The Hall–Kier alpha value is -5.32. The number of aromatic nitrogens is 5. The lowest BCUT2D eigenvalue weighted by molar-refractivity contribution is -0.135. The first kappa shape index (κ1) is 37.4. The van der Waals surface area contributed by atoms with E-state index in [1.54, 1.807) is 40.5 Å². The standard InChI is InChI=1S/C36H46N10O6S/c1-18(2)29(44-36(50)52-7)34(48)46-13-9-11-27(46)31-38-17-25(42-31)32-43-23-15-22(19(3)14-28(23)53-32)39-20(4)24-16-37-30(41-24)26-10-8-12-45(26)33(47)21(5)40-35(49)51-6/h14-18,21,26-27,29H,8-13H2,1-7H3,(H,37,41)(H,38,42)(H,40,49)(H,44,50)/t21-,26-,27-,29-/m0/s1. The second kappa shape index (κ2) is 15.7. The molecule has 282 valence electrons. The minimum atomic E-state index is -0.727. The van der Waals surface area contributed by atoms with Gasteiger partial charge >= 0.3 is 12.2 Å². The van der Waals surface area contributed by atoms with Crippen molar-refractivity contribution in [1.29, 1.82) is 0 Å².